The van der Waals surface area contributed by atoms with E-state index in [0.29, 0.717) is 17.0 Å². The summed E-state index contributed by atoms with van der Waals surface area (Å²) in [6.07, 6.45) is 2.09. The van der Waals surface area contributed by atoms with E-state index in [1.807, 2.05) is 30.3 Å². The summed E-state index contributed by atoms with van der Waals surface area (Å²) in [5, 5.41) is 4.90. The second-order valence-electron chi connectivity index (χ2n) is 4.27. The summed E-state index contributed by atoms with van der Waals surface area (Å²) in [5.41, 5.74) is 2.60. The molecule has 4 nitrogen and oxygen atoms in total. The zero-order chi connectivity index (χ0) is 13.2. The molecule has 0 bridgehead atoms. The molecule has 0 N–H and O–H groups in total. The third-order valence-electron chi connectivity index (χ3n) is 3.00. The number of ketones is 1. The van der Waals surface area contributed by atoms with Crippen LogP contribution in [0.2, 0.25) is 0 Å². The number of hydrogen-bond donors (Lipinski definition) is 0. The van der Waals surface area contributed by atoms with Crippen molar-refractivity contribution >= 4 is 28.2 Å². The minimum absolute atomic E-state index is 0.0591. The number of carbonyl (C=O) groups excluding carboxylic acids is 1. The molecular formula is C14H11N3OS. The van der Waals surface area contributed by atoms with Gasteiger partial charge in [-0.15, -0.1) is 5.10 Å². The quantitative estimate of drug-likeness (QED) is 0.686. The Morgan fingerprint density at radius 3 is 2.89 bits per heavy atom. The van der Waals surface area contributed by atoms with Gasteiger partial charge in [-0.1, -0.05) is 22.7 Å². The highest BCUT2D eigenvalue weighted by atomic mass is 32.1. The molecule has 0 saturated carbocycles. The van der Waals surface area contributed by atoms with E-state index in [4.69, 9.17) is 0 Å². The number of para-hydroxylation sites is 1. The fourth-order valence-corrected chi connectivity index (χ4v) is 2.64. The standard InChI is InChI=1S/C14H11N3OS/c1-9-14(19-17-16-9)13(18)8-10-6-7-15-12-5-3-2-4-11(10)12/h2-7H,8H2,1H3. The average molecular weight is 269 g/mol. The van der Waals surface area contributed by atoms with Crippen LogP contribution in [-0.2, 0) is 6.42 Å². The van der Waals surface area contributed by atoms with Crippen LogP contribution in [-0.4, -0.2) is 20.4 Å². The maximum absolute atomic E-state index is 12.2. The zero-order valence-electron chi connectivity index (χ0n) is 10.3. The van der Waals surface area contributed by atoms with Crippen molar-refractivity contribution in [2.75, 3.05) is 0 Å². The normalized spacial score (nSPS) is 10.8. The number of benzene rings is 1. The first-order valence-corrected chi connectivity index (χ1v) is 6.68. The largest absolute Gasteiger partial charge is 0.293 e. The number of fused-ring (bicyclic) bond motifs is 1. The van der Waals surface area contributed by atoms with Crippen molar-refractivity contribution in [1.29, 1.82) is 0 Å². The van der Waals surface area contributed by atoms with Gasteiger partial charge in [0.25, 0.3) is 0 Å². The van der Waals surface area contributed by atoms with Crippen molar-refractivity contribution in [2.45, 2.75) is 13.3 Å². The second-order valence-corrected chi connectivity index (χ2v) is 5.03. The van der Waals surface area contributed by atoms with Crippen LogP contribution in [0.25, 0.3) is 10.9 Å². The summed E-state index contributed by atoms with van der Waals surface area (Å²) in [4.78, 5) is 17.2. The van der Waals surface area contributed by atoms with E-state index in [1.165, 1.54) is 0 Å². The molecule has 0 atom stereocenters. The monoisotopic (exact) mass is 269 g/mol. The van der Waals surface area contributed by atoms with Gasteiger partial charge in [-0.2, -0.15) is 0 Å². The number of hydrogen-bond acceptors (Lipinski definition) is 5. The van der Waals surface area contributed by atoms with Crippen LogP contribution in [0.15, 0.2) is 36.5 Å². The van der Waals surface area contributed by atoms with Crippen LogP contribution < -0.4 is 0 Å². The van der Waals surface area contributed by atoms with E-state index in [9.17, 15) is 4.79 Å². The molecule has 3 aromatic rings. The topological polar surface area (TPSA) is 55.7 Å². The van der Waals surface area contributed by atoms with Crippen LogP contribution in [0.5, 0.6) is 0 Å². The predicted octanol–water partition coefficient (Wildman–Crippen LogP) is 2.82. The smallest absolute Gasteiger partial charge is 0.180 e. The lowest BCUT2D eigenvalue weighted by Crippen LogP contribution is -2.04. The molecule has 19 heavy (non-hydrogen) atoms. The number of carbonyl (C=O) groups is 1. The summed E-state index contributed by atoms with van der Waals surface area (Å²) >= 11 is 1.16. The Balaban J connectivity index is 1.98. The van der Waals surface area contributed by atoms with Gasteiger partial charge in [0.05, 0.1) is 11.2 Å². The van der Waals surface area contributed by atoms with Crippen molar-refractivity contribution in [1.82, 2.24) is 14.6 Å². The van der Waals surface area contributed by atoms with Gasteiger partial charge in [0.15, 0.2) is 5.78 Å². The molecule has 0 spiro atoms. The number of pyridine rings is 1. The number of aryl methyl sites for hydroxylation is 1. The second kappa shape index (κ2) is 4.85. The summed E-state index contributed by atoms with van der Waals surface area (Å²) < 4.78 is 3.81. The van der Waals surface area contributed by atoms with Crippen molar-refractivity contribution in [3.63, 3.8) is 0 Å². The van der Waals surface area contributed by atoms with Crippen molar-refractivity contribution in [3.05, 3.63) is 52.7 Å². The zero-order valence-corrected chi connectivity index (χ0v) is 11.1. The molecule has 0 radical (unpaired) electrons. The van der Waals surface area contributed by atoms with Gasteiger partial charge in [-0.05, 0) is 36.2 Å². The van der Waals surface area contributed by atoms with Crippen LogP contribution in [0, 0.1) is 6.92 Å². The molecule has 2 heterocycles. The molecule has 0 unspecified atom stereocenters. The summed E-state index contributed by atoms with van der Waals surface area (Å²) in [6, 6.07) is 9.73. The first-order chi connectivity index (χ1) is 9.25. The molecule has 0 amide bonds. The van der Waals surface area contributed by atoms with Gasteiger partial charge in [0.2, 0.25) is 0 Å². The van der Waals surface area contributed by atoms with Gasteiger partial charge in [-0.25, -0.2) is 0 Å². The molecular weight excluding hydrogens is 258 g/mol. The van der Waals surface area contributed by atoms with E-state index in [2.05, 4.69) is 14.6 Å². The lowest BCUT2D eigenvalue weighted by Gasteiger charge is -2.04. The van der Waals surface area contributed by atoms with E-state index < -0.39 is 0 Å². The minimum Gasteiger partial charge on any atom is -0.293 e. The Kier molecular flexibility index (Phi) is 3.05. The lowest BCUT2D eigenvalue weighted by molar-refractivity contribution is 0.0996. The Labute approximate surface area is 114 Å². The SMILES string of the molecule is Cc1nnsc1C(=O)Cc1ccnc2ccccc12. The highest BCUT2D eigenvalue weighted by Gasteiger charge is 2.15. The predicted molar refractivity (Wildman–Crippen MR) is 74.4 cm³/mol. The van der Waals surface area contributed by atoms with Crippen molar-refractivity contribution in [2.24, 2.45) is 0 Å². The van der Waals surface area contributed by atoms with Crippen molar-refractivity contribution in [3.8, 4) is 0 Å². The maximum atomic E-state index is 12.2. The first-order valence-electron chi connectivity index (χ1n) is 5.90. The van der Waals surface area contributed by atoms with Gasteiger partial charge in [-0.3, -0.25) is 9.78 Å². The molecule has 94 valence electrons. The minimum atomic E-state index is 0.0591. The van der Waals surface area contributed by atoms with Gasteiger partial charge in [0.1, 0.15) is 4.88 Å². The van der Waals surface area contributed by atoms with Crippen LogP contribution in [0.1, 0.15) is 20.9 Å². The fraction of sp³-hybridized carbons (Fsp3) is 0.143. The Bertz CT molecular complexity index is 746. The summed E-state index contributed by atoms with van der Waals surface area (Å²) in [6.45, 7) is 1.81. The molecule has 1 aromatic carbocycles. The molecule has 0 aliphatic heterocycles. The van der Waals surface area contributed by atoms with Crippen LogP contribution in [0.3, 0.4) is 0 Å². The summed E-state index contributed by atoms with van der Waals surface area (Å²) in [7, 11) is 0. The molecule has 0 saturated heterocycles. The van der Waals surface area contributed by atoms with Gasteiger partial charge < -0.3 is 0 Å². The highest BCUT2D eigenvalue weighted by molar-refractivity contribution is 7.08. The van der Waals surface area contributed by atoms with E-state index >= 15 is 0 Å². The Morgan fingerprint density at radius 2 is 2.11 bits per heavy atom. The van der Waals surface area contributed by atoms with E-state index in [1.54, 1.807) is 13.1 Å². The molecule has 3 rings (SSSR count). The lowest BCUT2D eigenvalue weighted by atomic mass is 10.0. The number of rotatable bonds is 3. The third kappa shape index (κ3) is 2.24. The molecule has 2 aromatic heterocycles. The van der Waals surface area contributed by atoms with Gasteiger partial charge >= 0.3 is 0 Å². The molecule has 0 aliphatic rings. The van der Waals surface area contributed by atoms with Gasteiger partial charge in [0, 0.05) is 18.0 Å². The molecule has 0 fully saturated rings. The Hall–Kier alpha value is -2.14. The average Bonchev–Trinajstić information content (AvgIpc) is 2.85. The number of nitrogens with zero attached hydrogens (tertiary/aromatic N) is 3. The van der Waals surface area contributed by atoms with Crippen LogP contribution in [0.4, 0.5) is 0 Å². The first kappa shape index (κ1) is 11.9. The van der Waals surface area contributed by atoms with E-state index in [-0.39, 0.29) is 5.78 Å². The molecule has 0 aliphatic carbocycles. The maximum Gasteiger partial charge on any atom is 0.180 e. The third-order valence-corrected chi connectivity index (χ3v) is 3.86. The Morgan fingerprint density at radius 1 is 1.26 bits per heavy atom. The molecule has 5 heteroatoms. The number of aromatic nitrogens is 3. The fourth-order valence-electron chi connectivity index (χ4n) is 2.05. The highest BCUT2D eigenvalue weighted by Crippen LogP contribution is 2.19. The van der Waals surface area contributed by atoms with E-state index in [0.717, 1.165) is 28.0 Å². The van der Waals surface area contributed by atoms with Crippen LogP contribution >= 0.6 is 11.5 Å². The number of Topliss-reactive ketones (excluding diaryl/α,β-unsaturated/α-hetero) is 1. The van der Waals surface area contributed by atoms with Crippen molar-refractivity contribution < 1.29 is 4.79 Å². The summed E-state index contributed by atoms with van der Waals surface area (Å²) in [5.74, 6) is 0.0591.